The van der Waals surface area contributed by atoms with Gasteiger partial charge in [0.05, 0.1) is 30.2 Å². The minimum atomic E-state index is -0.522. The van der Waals surface area contributed by atoms with Gasteiger partial charge in [0.1, 0.15) is 17.2 Å². The molecule has 4 heterocycles. The largest absolute Gasteiger partial charge is 0.375 e. The van der Waals surface area contributed by atoms with Gasteiger partial charge in [-0.2, -0.15) is 0 Å². The fourth-order valence-electron chi connectivity index (χ4n) is 4.22. The number of carbonyl (C=O) groups excluding carboxylic acids is 1. The molecule has 1 aliphatic rings. The number of imidazole rings is 1. The number of hydrogen-bond acceptors (Lipinski definition) is 6. The highest BCUT2D eigenvalue weighted by Crippen LogP contribution is 2.34. The number of carbonyl (C=O) groups is 1. The molecule has 0 saturated carbocycles. The number of rotatable bonds is 5. The van der Waals surface area contributed by atoms with Crippen LogP contribution in [0.2, 0.25) is 0 Å². The van der Waals surface area contributed by atoms with E-state index in [9.17, 15) is 4.79 Å². The van der Waals surface area contributed by atoms with Crippen molar-refractivity contribution in [2.45, 2.75) is 32.9 Å². The molecule has 8 nitrogen and oxygen atoms in total. The molecule has 5 rings (SSSR count). The Kier molecular flexibility index (Phi) is 5.07. The zero-order valence-corrected chi connectivity index (χ0v) is 18.0. The molecule has 1 amide bonds. The topological polar surface area (TPSA) is 107 Å². The Bertz CT molecular complexity index is 1320. The number of primary amides is 1. The van der Waals surface area contributed by atoms with Crippen LogP contribution in [0.1, 0.15) is 45.7 Å². The third-order valence-electron chi connectivity index (χ3n) is 5.73. The second-order valence-electron chi connectivity index (χ2n) is 8.04. The Morgan fingerprint density at radius 2 is 2.00 bits per heavy atom. The van der Waals surface area contributed by atoms with Gasteiger partial charge in [0, 0.05) is 24.2 Å². The van der Waals surface area contributed by atoms with Crippen molar-refractivity contribution in [1.29, 1.82) is 0 Å². The molecule has 162 valence electrons. The van der Waals surface area contributed by atoms with Gasteiger partial charge in [-0.1, -0.05) is 37.3 Å². The number of pyridine rings is 1. The van der Waals surface area contributed by atoms with Crippen LogP contribution in [0, 0.1) is 6.92 Å². The van der Waals surface area contributed by atoms with Crippen molar-refractivity contribution in [1.82, 2.24) is 19.4 Å². The van der Waals surface area contributed by atoms with Gasteiger partial charge in [-0.25, -0.2) is 15.0 Å². The van der Waals surface area contributed by atoms with Gasteiger partial charge >= 0.3 is 0 Å². The zero-order chi connectivity index (χ0) is 22.2. The number of nitrogens with zero attached hydrogens (tertiary/aromatic N) is 4. The number of nitrogens with one attached hydrogen (secondary N) is 1. The maximum Gasteiger partial charge on any atom is 0.252 e. The molecule has 1 unspecified atom stereocenters. The lowest BCUT2D eigenvalue weighted by atomic mass is 9.98. The highest BCUT2D eigenvalue weighted by molar-refractivity contribution is 5.99. The smallest absolute Gasteiger partial charge is 0.252 e. The van der Waals surface area contributed by atoms with E-state index in [0.29, 0.717) is 36.8 Å². The zero-order valence-electron chi connectivity index (χ0n) is 18.0. The number of amides is 1. The van der Waals surface area contributed by atoms with Crippen molar-refractivity contribution >= 4 is 17.4 Å². The molecular formula is C24H24N6O2. The molecule has 0 radical (unpaired) electrons. The molecule has 0 bridgehead atoms. The first-order valence-electron chi connectivity index (χ1n) is 10.6. The number of benzene rings is 1. The van der Waals surface area contributed by atoms with Crippen LogP contribution in [-0.4, -0.2) is 31.9 Å². The van der Waals surface area contributed by atoms with Crippen LogP contribution < -0.4 is 11.1 Å². The third kappa shape index (κ3) is 3.48. The van der Waals surface area contributed by atoms with Gasteiger partial charge in [0.25, 0.3) is 5.91 Å². The van der Waals surface area contributed by atoms with Crippen LogP contribution in [0.4, 0.5) is 5.82 Å². The van der Waals surface area contributed by atoms with Crippen LogP contribution in [0.15, 0.2) is 48.7 Å². The molecule has 0 saturated heterocycles. The minimum absolute atomic E-state index is 0.177. The number of anilines is 1. The molecule has 8 heteroatoms. The van der Waals surface area contributed by atoms with Crippen LogP contribution in [0.25, 0.3) is 17.2 Å². The van der Waals surface area contributed by atoms with Crippen molar-refractivity contribution in [2.75, 3.05) is 11.9 Å². The van der Waals surface area contributed by atoms with Crippen LogP contribution in [-0.2, 0) is 17.9 Å². The highest BCUT2D eigenvalue weighted by Gasteiger charge is 2.26. The van der Waals surface area contributed by atoms with E-state index in [1.165, 1.54) is 5.56 Å². The van der Waals surface area contributed by atoms with E-state index in [1.807, 2.05) is 35.7 Å². The van der Waals surface area contributed by atoms with Crippen molar-refractivity contribution < 1.29 is 9.53 Å². The van der Waals surface area contributed by atoms with Gasteiger partial charge < -0.3 is 15.8 Å². The fraction of sp³-hybridized carbons (Fsp3) is 0.250. The number of aryl methyl sites for hydroxylation is 1. The summed E-state index contributed by atoms with van der Waals surface area (Å²) < 4.78 is 7.59. The average molecular weight is 428 g/mol. The predicted molar refractivity (Wildman–Crippen MR) is 121 cm³/mol. The number of fused-ring (bicyclic) bond motifs is 2. The Labute approximate surface area is 185 Å². The van der Waals surface area contributed by atoms with Crippen LogP contribution in [0.3, 0.4) is 0 Å². The molecule has 0 aliphatic carbocycles. The van der Waals surface area contributed by atoms with E-state index in [4.69, 9.17) is 20.4 Å². The summed E-state index contributed by atoms with van der Waals surface area (Å²) in [6.45, 7) is 5.71. The van der Waals surface area contributed by atoms with Gasteiger partial charge in [-0.15, -0.1) is 0 Å². The summed E-state index contributed by atoms with van der Waals surface area (Å²) in [6.07, 6.45) is 1.84. The molecular weight excluding hydrogens is 404 g/mol. The molecule has 1 atom stereocenters. The lowest BCUT2D eigenvalue weighted by Crippen LogP contribution is -2.20. The Hall–Kier alpha value is -3.78. The Morgan fingerprint density at radius 3 is 2.78 bits per heavy atom. The van der Waals surface area contributed by atoms with Crippen LogP contribution in [0.5, 0.6) is 0 Å². The summed E-state index contributed by atoms with van der Waals surface area (Å²) in [7, 11) is 0. The van der Waals surface area contributed by atoms with Gasteiger partial charge in [0.15, 0.2) is 5.82 Å². The van der Waals surface area contributed by atoms with Crippen molar-refractivity contribution in [3.05, 3.63) is 76.7 Å². The number of hydrogen-bond donors (Lipinski definition) is 2. The normalized spacial score (nSPS) is 15.5. The summed E-state index contributed by atoms with van der Waals surface area (Å²) in [6, 6.07) is 13.6. The van der Waals surface area contributed by atoms with E-state index in [-0.39, 0.29) is 5.92 Å². The summed E-state index contributed by atoms with van der Waals surface area (Å²) in [5.74, 6) is 0.982. The molecule has 0 spiro atoms. The summed E-state index contributed by atoms with van der Waals surface area (Å²) in [4.78, 5) is 26.3. The third-order valence-corrected chi connectivity index (χ3v) is 5.73. The SMILES string of the molecule is Cc1nc2c(C(N)=O)cccn2c1-c1nc2c(c(NCc3ccccc3)n1)C(C)COC2. The van der Waals surface area contributed by atoms with Gasteiger partial charge in [0.2, 0.25) is 0 Å². The Balaban J connectivity index is 1.65. The van der Waals surface area contributed by atoms with E-state index >= 15 is 0 Å². The van der Waals surface area contributed by atoms with Crippen molar-refractivity contribution in [3.8, 4) is 11.5 Å². The summed E-state index contributed by atoms with van der Waals surface area (Å²) >= 11 is 0. The fourth-order valence-corrected chi connectivity index (χ4v) is 4.22. The van der Waals surface area contributed by atoms with E-state index in [2.05, 4.69) is 29.4 Å². The first-order valence-corrected chi connectivity index (χ1v) is 10.6. The van der Waals surface area contributed by atoms with Crippen LogP contribution >= 0.6 is 0 Å². The van der Waals surface area contributed by atoms with Crippen molar-refractivity contribution in [3.63, 3.8) is 0 Å². The van der Waals surface area contributed by atoms with E-state index < -0.39 is 5.91 Å². The number of nitrogens with two attached hydrogens (primary N) is 1. The van der Waals surface area contributed by atoms with Gasteiger partial charge in [-0.3, -0.25) is 9.20 Å². The molecule has 3 N–H and O–H groups in total. The number of aromatic nitrogens is 4. The highest BCUT2D eigenvalue weighted by atomic mass is 16.5. The molecule has 4 aromatic rings. The van der Waals surface area contributed by atoms with E-state index in [0.717, 1.165) is 28.5 Å². The maximum absolute atomic E-state index is 11.9. The first-order chi connectivity index (χ1) is 15.5. The molecule has 3 aromatic heterocycles. The van der Waals surface area contributed by atoms with E-state index in [1.54, 1.807) is 12.1 Å². The summed E-state index contributed by atoms with van der Waals surface area (Å²) in [5.41, 5.74) is 11.0. The predicted octanol–water partition coefficient (Wildman–Crippen LogP) is 3.44. The average Bonchev–Trinajstić information content (AvgIpc) is 3.13. The molecule has 32 heavy (non-hydrogen) atoms. The Morgan fingerprint density at radius 1 is 1.19 bits per heavy atom. The number of ether oxygens (including phenoxy) is 1. The van der Waals surface area contributed by atoms with Gasteiger partial charge in [-0.05, 0) is 24.6 Å². The lowest BCUT2D eigenvalue weighted by Gasteiger charge is -2.25. The molecule has 0 fully saturated rings. The minimum Gasteiger partial charge on any atom is -0.375 e. The monoisotopic (exact) mass is 428 g/mol. The molecule has 1 aliphatic heterocycles. The summed E-state index contributed by atoms with van der Waals surface area (Å²) in [5, 5.41) is 3.51. The quantitative estimate of drug-likeness (QED) is 0.504. The lowest BCUT2D eigenvalue weighted by molar-refractivity contribution is 0.0920. The second kappa shape index (κ2) is 8.05. The second-order valence-corrected chi connectivity index (χ2v) is 8.04. The maximum atomic E-state index is 11.9. The standard InChI is InChI=1S/C24H24N6O2/c1-14-12-32-13-18-19(14)22(26-11-16-7-4-3-5-8-16)29-23(28-18)20-15(2)27-24-17(21(25)31)9-6-10-30(20)24/h3-10,14H,11-13H2,1-2H3,(H2,25,31)(H,26,28,29). The van der Waals surface area contributed by atoms with Crippen molar-refractivity contribution in [2.24, 2.45) is 5.73 Å². The first kappa shape index (κ1) is 20.1. The molecule has 1 aromatic carbocycles.